The first kappa shape index (κ1) is 10.3. The van der Waals surface area contributed by atoms with Crippen molar-refractivity contribution in [3.63, 3.8) is 0 Å². The van der Waals surface area contributed by atoms with Crippen LogP contribution >= 0.6 is 11.6 Å². The Hall–Kier alpha value is -0.830. The van der Waals surface area contributed by atoms with Crippen molar-refractivity contribution in [1.29, 1.82) is 0 Å². The third-order valence-electron chi connectivity index (χ3n) is 2.32. The van der Waals surface area contributed by atoms with Crippen LogP contribution in [-0.4, -0.2) is 24.6 Å². The van der Waals surface area contributed by atoms with Gasteiger partial charge < -0.3 is 9.53 Å². The molecule has 0 heterocycles. The number of carbonyl (C=O) groups excluding carboxylic acids is 2. The molecule has 0 saturated heterocycles. The maximum Gasteiger partial charge on any atom is 0.160 e. The van der Waals surface area contributed by atoms with E-state index >= 15 is 0 Å². The van der Waals surface area contributed by atoms with Crippen LogP contribution in [0.4, 0.5) is 0 Å². The summed E-state index contributed by atoms with van der Waals surface area (Å²) in [6.07, 6.45) is 2.25. The summed E-state index contributed by atoms with van der Waals surface area (Å²) in [6, 6.07) is 0. The second-order valence-electron chi connectivity index (χ2n) is 3.25. The summed E-state index contributed by atoms with van der Waals surface area (Å²) in [4.78, 5) is 21.9. The van der Waals surface area contributed by atoms with E-state index in [9.17, 15) is 9.59 Å². The standard InChI is InChI=1S/C9H11ClO3/c1-9(5-11)7(10)3-6(12)4-8(9)13-2/h4-5,7H,3H2,1-2H3. The Balaban J connectivity index is 3.11. The lowest BCUT2D eigenvalue weighted by atomic mass is 9.79. The minimum atomic E-state index is -0.871. The minimum Gasteiger partial charge on any atom is -0.500 e. The molecule has 2 atom stereocenters. The van der Waals surface area contributed by atoms with E-state index in [1.807, 2.05) is 0 Å². The average molecular weight is 203 g/mol. The quantitative estimate of drug-likeness (QED) is 0.501. The molecule has 0 aliphatic heterocycles. The fourth-order valence-electron chi connectivity index (χ4n) is 1.31. The Bertz CT molecular complexity index is 272. The number of methoxy groups -OCH3 is 1. The molecule has 4 heteroatoms. The summed E-state index contributed by atoms with van der Waals surface area (Å²) in [5.74, 6) is 0.245. The number of rotatable bonds is 2. The molecular formula is C9H11ClO3. The molecule has 0 fully saturated rings. The van der Waals surface area contributed by atoms with Gasteiger partial charge in [0.25, 0.3) is 0 Å². The predicted octanol–water partition coefficient (Wildman–Crippen LogP) is 1.30. The van der Waals surface area contributed by atoms with Crippen molar-refractivity contribution < 1.29 is 14.3 Å². The molecule has 13 heavy (non-hydrogen) atoms. The van der Waals surface area contributed by atoms with Gasteiger partial charge in [-0.05, 0) is 6.92 Å². The number of aldehydes is 1. The fourth-order valence-corrected chi connectivity index (χ4v) is 1.63. The molecular weight excluding hydrogens is 192 g/mol. The van der Waals surface area contributed by atoms with E-state index in [0.29, 0.717) is 5.76 Å². The number of hydrogen-bond donors (Lipinski definition) is 0. The van der Waals surface area contributed by atoms with E-state index in [-0.39, 0.29) is 12.2 Å². The zero-order chi connectivity index (χ0) is 10.1. The van der Waals surface area contributed by atoms with Crippen molar-refractivity contribution in [2.75, 3.05) is 7.11 Å². The summed E-state index contributed by atoms with van der Waals surface area (Å²) >= 11 is 5.92. The fraction of sp³-hybridized carbons (Fsp3) is 0.556. The van der Waals surface area contributed by atoms with Gasteiger partial charge in [0.15, 0.2) is 5.78 Å². The van der Waals surface area contributed by atoms with Gasteiger partial charge in [-0.3, -0.25) is 4.79 Å². The van der Waals surface area contributed by atoms with Gasteiger partial charge in [0.1, 0.15) is 12.0 Å². The molecule has 0 spiro atoms. The summed E-state index contributed by atoms with van der Waals surface area (Å²) in [5.41, 5.74) is -0.871. The third kappa shape index (κ3) is 1.61. The largest absolute Gasteiger partial charge is 0.500 e. The smallest absolute Gasteiger partial charge is 0.160 e. The van der Waals surface area contributed by atoms with Crippen LogP contribution in [0, 0.1) is 5.41 Å². The van der Waals surface area contributed by atoms with Crippen LogP contribution in [0.25, 0.3) is 0 Å². The Morgan fingerprint density at radius 3 is 2.85 bits per heavy atom. The van der Waals surface area contributed by atoms with Gasteiger partial charge in [0.2, 0.25) is 0 Å². The maximum absolute atomic E-state index is 11.1. The van der Waals surface area contributed by atoms with Crippen LogP contribution in [0.2, 0.25) is 0 Å². The maximum atomic E-state index is 11.1. The second-order valence-corrected chi connectivity index (χ2v) is 3.78. The molecule has 0 saturated carbocycles. The van der Waals surface area contributed by atoms with Crippen molar-refractivity contribution >= 4 is 23.7 Å². The van der Waals surface area contributed by atoms with Crippen LogP contribution in [0.15, 0.2) is 11.8 Å². The molecule has 3 nitrogen and oxygen atoms in total. The monoisotopic (exact) mass is 202 g/mol. The number of hydrogen-bond acceptors (Lipinski definition) is 3. The van der Waals surface area contributed by atoms with Crippen molar-refractivity contribution in [2.24, 2.45) is 5.41 Å². The topological polar surface area (TPSA) is 43.4 Å². The molecule has 2 unspecified atom stereocenters. The van der Waals surface area contributed by atoms with Gasteiger partial charge in [0.05, 0.1) is 17.9 Å². The molecule has 0 radical (unpaired) electrons. The average Bonchev–Trinajstić information content (AvgIpc) is 2.11. The number of allylic oxidation sites excluding steroid dienone is 2. The van der Waals surface area contributed by atoms with E-state index < -0.39 is 10.8 Å². The van der Waals surface area contributed by atoms with Crippen molar-refractivity contribution in [3.8, 4) is 0 Å². The summed E-state index contributed by atoms with van der Waals surface area (Å²) in [7, 11) is 1.43. The summed E-state index contributed by atoms with van der Waals surface area (Å²) in [5, 5.41) is -0.516. The zero-order valence-electron chi connectivity index (χ0n) is 7.54. The van der Waals surface area contributed by atoms with Crippen LogP contribution in [-0.2, 0) is 14.3 Å². The molecule has 1 aliphatic carbocycles. The molecule has 1 aliphatic rings. The SMILES string of the molecule is COC1=CC(=O)CC(Cl)C1(C)C=O. The highest BCUT2D eigenvalue weighted by Gasteiger charge is 2.42. The Labute approximate surface area is 81.7 Å². The van der Waals surface area contributed by atoms with Gasteiger partial charge in [-0.2, -0.15) is 0 Å². The number of alkyl halides is 1. The molecule has 0 bridgehead atoms. The zero-order valence-corrected chi connectivity index (χ0v) is 8.30. The first-order valence-electron chi connectivity index (χ1n) is 3.94. The van der Waals surface area contributed by atoms with Crippen molar-refractivity contribution in [1.82, 2.24) is 0 Å². The number of ketones is 1. The van der Waals surface area contributed by atoms with Crippen LogP contribution in [0.5, 0.6) is 0 Å². The van der Waals surface area contributed by atoms with Gasteiger partial charge in [-0.1, -0.05) is 0 Å². The highest BCUT2D eigenvalue weighted by molar-refractivity contribution is 6.24. The lowest BCUT2D eigenvalue weighted by molar-refractivity contribution is -0.119. The first-order valence-corrected chi connectivity index (χ1v) is 4.37. The molecule has 0 aromatic rings. The molecule has 0 aromatic heterocycles. The summed E-state index contributed by atoms with van der Waals surface area (Å²) < 4.78 is 4.96. The number of carbonyl (C=O) groups is 2. The van der Waals surface area contributed by atoms with Gasteiger partial charge in [-0.25, -0.2) is 0 Å². The highest BCUT2D eigenvalue weighted by Crippen LogP contribution is 2.38. The third-order valence-corrected chi connectivity index (χ3v) is 2.93. The number of ether oxygens (including phenoxy) is 1. The van der Waals surface area contributed by atoms with Gasteiger partial charge in [0, 0.05) is 12.5 Å². The van der Waals surface area contributed by atoms with Crippen LogP contribution in [0.1, 0.15) is 13.3 Å². The lowest BCUT2D eigenvalue weighted by Crippen LogP contribution is -2.38. The first-order chi connectivity index (χ1) is 6.04. The lowest BCUT2D eigenvalue weighted by Gasteiger charge is -2.32. The van der Waals surface area contributed by atoms with Crippen molar-refractivity contribution in [2.45, 2.75) is 18.7 Å². The Morgan fingerprint density at radius 2 is 2.38 bits per heavy atom. The van der Waals surface area contributed by atoms with Crippen molar-refractivity contribution in [3.05, 3.63) is 11.8 Å². The predicted molar refractivity (Wildman–Crippen MR) is 48.5 cm³/mol. The molecule has 0 N–H and O–H groups in total. The molecule has 1 rings (SSSR count). The second kappa shape index (κ2) is 3.50. The van der Waals surface area contributed by atoms with Crippen LogP contribution in [0.3, 0.4) is 0 Å². The normalized spacial score (nSPS) is 33.9. The molecule has 72 valence electrons. The van der Waals surface area contributed by atoms with E-state index in [4.69, 9.17) is 16.3 Å². The Morgan fingerprint density at radius 1 is 1.77 bits per heavy atom. The van der Waals surface area contributed by atoms with Crippen LogP contribution < -0.4 is 0 Å². The minimum absolute atomic E-state index is 0.101. The van der Waals surface area contributed by atoms with E-state index in [2.05, 4.69) is 0 Å². The Kier molecular flexibility index (Phi) is 2.76. The van der Waals surface area contributed by atoms with Gasteiger partial charge >= 0.3 is 0 Å². The highest BCUT2D eigenvalue weighted by atomic mass is 35.5. The molecule has 0 aromatic carbocycles. The van der Waals surface area contributed by atoms with Gasteiger partial charge in [-0.15, -0.1) is 11.6 Å². The summed E-state index contributed by atoms with van der Waals surface area (Å²) in [6.45, 7) is 1.67. The molecule has 0 amide bonds. The van der Waals surface area contributed by atoms with E-state index in [0.717, 1.165) is 6.29 Å². The van der Waals surface area contributed by atoms with E-state index in [1.165, 1.54) is 13.2 Å². The van der Waals surface area contributed by atoms with E-state index in [1.54, 1.807) is 6.92 Å². The number of halogens is 1.